The molecule has 0 amide bonds. The third-order valence-corrected chi connectivity index (χ3v) is 13.3. The second-order valence-corrected chi connectivity index (χ2v) is 16.3. The van der Waals surface area contributed by atoms with Gasteiger partial charge in [-0.25, -0.2) is 0 Å². The van der Waals surface area contributed by atoms with Gasteiger partial charge in [-0.15, -0.1) is 0 Å². The van der Waals surface area contributed by atoms with Crippen LogP contribution < -0.4 is 0 Å². The molecule has 5 rings (SSSR count). The van der Waals surface area contributed by atoms with Gasteiger partial charge >= 0.3 is 11.9 Å². The maximum atomic E-state index is 12.1. The van der Waals surface area contributed by atoms with E-state index in [0.717, 1.165) is 44.1 Å². The summed E-state index contributed by atoms with van der Waals surface area (Å²) in [4.78, 5) is 22.7. The van der Waals surface area contributed by atoms with Gasteiger partial charge < -0.3 is 44.5 Å². The van der Waals surface area contributed by atoms with Crippen molar-refractivity contribution in [1.29, 1.82) is 0 Å². The van der Waals surface area contributed by atoms with Crippen molar-refractivity contribution in [3.05, 3.63) is 11.6 Å². The molecule has 16 atom stereocenters. The first-order valence-corrected chi connectivity index (χ1v) is 18.3. The van der Waals surface area contributed by atoms with E-state index in [-0.39, 0.29) is 47.1 Å². The Morgan fingerprint density at radius 1 is 0.938 bits per heavy atom. The van der Waals surface area contributed by atoms with Gasteiger partial charge in [0.1, 0.15) is 31.0 Å². The van der Waals surface area contributed by atoms with Crippen molar-refractivity contribution >= 4 is 11.9 Å². The molecule has 0 spiro atoms. The molecule has 274 valence electrons. The molecular weight excluding hydrogens is 620 g/mol. The SMILES string of the molecule is CC(=O)OC[C@H](C)CCC[C@@H](C)[C@H]1CC[C@H]2[C@@H]3[C@H](O[C@@H]4O[C@H](COC(C)=O)[C@H](O)[C@H](O)[C@H]4O)CC4=C[C@H](O)CC[C@]4(C)[C@H]3C[C@H](O)[C@]12C. The van der Waals surface area contributed by atoms with Crippen molar-refractivity contribution in [2.24, 2.45) is 46.3 Å². The number of aliphatic hydroxyl groups excluding tert-OH is 5. The molecule has 1 aliphatic heterocycles. The highest BCUT2D eigenvalue weighted by Crippen LogP contribution is 2.68. The summed E-state index contributed by atoms with van der Waals surface area (Å²) in [6.45, 7) is 11.8. The summed E-state index contributed by atoms with van der Waals surface area (Å²) in [5.41, 5.74) is 0.529. The van der Waals surface area contributed by atoms with E-state index in [1.807, 2.05) is 6.08 Å². The van der Waals surface area contributed by atoms with Crippen LogP contribution in [0, 0.1) is 46.3 Å². The number of hydrogen-bond acceptors (Lipinski definition) is 11. The van der Waals surface area contributed by atoms with Gasteiger partial charge in [-0.05, 0) is 91.3 Å². The molecule has 0 radical (unpaired) electrons. The Hall–Kier alpha value is -1.60. The molecule has 0 aromatic heterocycles. The summed E-state index contributed by atoms with van der Waals surface area (Å²) in [6.07, 6.45) is 1.10. The van der Waals surface area contributed by atoms with Crippen LogP contribution in [0.25, 0.3) is 0 Å². The van der Waals surface area contributed by atoms with Gasteiger partial charge in [-0.1, -0.05) is 52.2 Å². The molecule has 5 N–H and O–H groups in total. The van der Waals surface area contributed by atoms with Crippen molar-refractivity contribution in [3.8, 4) is 0 Å². The predicted octanol–water partition coefficient (Wildman–Crippen LogP) is 3.27. The topological polar surface area (TPSA) is 172 Å². The Morgan fingerprint density at radius 3 is 2.33 bits per heavy atom. The monoisotopic (exact) mass is 680 g/mol. The van der Waals surface area contributed by atoms with Gasteiger partial charge in [0, 0.05) is 13.8 Å². The van der Waals surface area contributed by atoms with E-state index >= 15 is 0 Å². The average molecular weight is 681 g/mol. The van der Waals surface area contributed by atoms with Crippen LogP contribution in [0.1, 0.15) is 99.3 Å². The molecule has 5 aliphatic rings. The highest BCUT2D eigenvalue weighted by molar-refractivity contribution is 5.66. The standard InChI is InChI=1S/C37H60O11/c1-19(17-45-21(3)38)8-7-9-20(2)25-10-11-26-31-27(16-30(41)37(25,26)6)36(5)13-12-24(40)14-23(36)15-28(31)47-35-34(44)33(43)32(42)29(48-35)18-46-22(4)39/h14,19-20,24-35,40-44H,7-13,15-18H2,1-6H3/t19-,20-,24-,25-,26+,27+,28-,29-,30+,31+,32+,33+,34-,35-,36+,37-/m1/s1. The van der Waals surface area contributed by atoms with E-state index in [1.54, 1.807) is 0 Å². The van der Waals surface area contributed by atoms with E-state index in [1.165, 1.54) is 13.8 Å². The zero-order chi connectivity index (χ0) is 35.1. The second-order valence-electron chi connectivity index (χ2n) is 16.3. The molecule has 4 fully saturated rings. The van der Waals surface area contributed by atoms with Gasteiger partial charge in [0.05, 0.1) is 24.9 Å². The van der Waals surface area contributed by atoms with Crippen LogP contribution in [-0.2, 0) is 28.5 Å². The fourth-order valence-corrected chi connectivity index (χ4v) is 10.6. The molecular formula is C37H60O11. The normalized spacial score (nSPS) is 45.2. The number of hydrogen-bond donors (Lipinski definition) is 5. The highest BCUT2D eigenvalue weighted by Gasteiger charge is 2.65. The van der Waals surface area contributed by atoms with Crippen LogP contribution in [0.2, 0.25) is 0 Å². The zero-order valence-electron chi connectivity index (χ0n) is 29.6. The molecule has 0 aromatic rings. The Morgan fingerprint density at radius 2 is 1.65 bits per heavy atom. The van der Waals surface area contributed by atoms with Crippen molar-refractivity contribution in [3.63, 3.8) is 0 Å². The summed E-state index contributed by atoms with van der Waals surface area (Å²) in [7, 11) is 0. The zero-order valence-corrected chi connectivity index (χ0v) is 29.6. The second kappa shape index (κ2) is 14.9. The Labute approximate surface area is 285 Å². The third-order valence-electron chi connectivity index (χ3n) is 13.3. The van der Waals surface area contributed by atoms with E-state index in [9.17, 15) is 35.1 Å². The van der Waals surface area contributed by atoms with E-state index in [2.05, 4.69) is 27.7 Å². The molecule has 11 heteroatoms. The van der Waals surface area contributed by atoms with E-state index < -0.39 is 55.0 Å². The Balaban J connectivity index is 1.38. The van der Waals surface area contributed by atoms with Gasteiger partial charge in [0.2, 0.25) is 0 Å². The summed E-state index contributed by atoms with van der Waals surface area (Å²) < 4.78 is 23.0. The smallest absolute Gasteiger partial charge is 0.302 e. The van der Waals surface area contributed by atoms with Crippen molar-refractivity contribution in [2.45, 2.75) is 148 Å². The molecule has 1 heterocycles. The maximum Gasteiger partial charge on any atom is 0.302 e. The van der Waals surface area contributed by atoms with Crippen molar-refractivity contribution < 1.29 is 54.1 Å². The number of carbonyl (C=O) groups is 2. The van der Waals surface area contributed by atoms with Crippen LogP contribution in [0.15, 0.2) is 11.6 Å². The number of ether oxygens (including phenoxy) is 4. The van der Waals surface area contributed by atoms with Gasteiger partial charge in [0.15, 0.2) is 6.29 Å². The minimum absolute atomic E-state index is 0.0310. The summed E-state index contributed by atoms with van der Waals surface area (Å²) in [5.74, 6) is 0.423. The first-order chi connectivity index (χ1) is 22.6. The molecule has 4 aliphatic carbocycles. The van der Waals surface area contributed by atoms with Gasteiger partial charge in [-0.2, -0.15) is 0 Å². The summed E-state index contributed by atoms with van der Waals surface area (Å²) >= 11 is 0. The largest absolute Gasteiger partial charge is 0.466 e. The van der Waals surface area contributed by atoms with Crippen LogP contribution >= 0.6 is 0 Å². The van der Waals surface area contributed by atoms with E-state index in [0.29, 0.717) is 37.7 Å². The summed E-state index contributed by atoms with van der Waals surface area (Å²) in [5, 5.41) is 55.2. The first-order valence-electron chi connectivity index (χ1n) is 18.3. The molecule has 1 saturated heterocycles. The Kier molecular flexibility index (Phi) is 11.7. The number of esters is 2. The lowest BCUT2D eigenvalue weighted by Crippen LogP contribution is -2.63. The third kappa shape index (κ3) is 7.25. The van der Waals surface area contributed by atoms with Gasteiger partial charge in [0.25, 0.3) is 0 Å². The lowest BCUT2D eigenvalue weighted by Gasteiger charge is -2.62. The average Bonchev–Trinajstić information content (AvgIpc) is 3.39. The lowest BCUT2D eigenvalue weighted by molar-refractivity contribution is -0.324. The molecule has 3 saturated carbocycles. The molecule has 0 unspecified atom stereocenters. The van der Waals surface area contributed by atoms with Crippen LogP contribution in [0.3, 0.4) is 0 Å². The number of fused-ring (bicyclic) bond motifs is 5. The van der Waals surface area contributed by atoms with Crippen molar-refractivity contribution in [1.82, 2.24) is 0 Å². The Bertz CT molecular complexity index is 1180. The van der Waals surface area contributed by atoms with Crippen LogP contribution in [0.4, 0.5) is 0 Å². The van der Waals surface area contributed by atoms with Crippen LogP contribution in [-0.4, -0.2) is 99.7 Å². The fourth-order valence-electron chi connectivity index (χ4n) is 10.6. The maximum absolute atomic E-state index is 12.1. The summed E-state index contributed by atoms with van der Waals surface area (Å²) in [6, 6.07) is 0. The molecule has 48 heavy (non-hydrogen) atoms. The van der Waals surface area contributed by atoms with Crippen molar-refractivity contribution in [2.75, 3.05) is 13.2 Å². The minimum atomic E-state index is -1.56. The molecule has 0 bridgehead atoms. The highest BCUT2D eigenvalue weighted by atomic mass is 16.7. The number of aliphatic hydroxyl groups is 5. The molecule has 11 nitrogen and oxygen atoms in total. The van der Waals surface area contributed by atoms with E-state index in [4.69, 9.17) is 18.9 Å². The lowest BCUT2D eigenvalue weighted by atomic mass is 9.45. The number of carbonyl (C=O) groups excluding carboxylic acids is 2. The number of rotatable bonds is 11. The van der Waals surface area contributed by atoms with Gasteiger partial charge in [-0.3, -0.25) is 9.59 Å². The fraction of sp³-hybridized carbons (Fsp3) is 0.892. The molecule has 0 aromatic carbocycles. The van der Waals surface area contributed by atoms with Crippen LogP contribution in [0.5, 0.6) is 0 Å². The predicted molar refractivity (Wildman–Crippen MR) is 175 cm³/mol. The first kappa shape index (κ1) is 37.7. The quantitative estimate of drug-likeness (QED) is 0.160. The minimum Gasteiger partial charge on any atom is -0.466 e.